The molecule has 5 nitrogen and oxygen atoms in total. The molecule has 1 aromatic rings. The Kier molecular flexibility index (Phi) is 3.83. The Labute approximate surface area is 101 Å². The number of benzene rings is 1. The van der Waals surface area contributed by atoms with Crippen molar-refractivity contribution in [3.63, 3.8) is 0 Å². The summed E-state index contributed by atoms with van der Waals surface area (Å²) in [4.78, 5) is 0. The maximum Gasteiger partial charge on any atom is 0.0549 e. The number of nitrogen functional groups attached to an aromatic ring is 1. The molecule has 0 saturated carbocycles. The topological polar surface area (TPSA) is 96.3 Å². The molecular formula is C12H20N4O. The summed E-state index contributed by atoms with van der Waals surface area (Å²) >= 11 is 0. The summed E-state index contributed by atoms with van der Waals surface area (Å²) < 4.78 is 0. The summed E-state index contributed by atoms with van der Waals surface area (Å²) in [6.45, 7) is 1.82. The second-order valence-corrected chi connectivity index (χ2v) is 4.46. The van der Waals surface area contributed by atoms with E-state index in [1.807, 2.05) is 18.2 Å². The molecule has 0 spiro atoms. The molecule has 0 amide bonds. The van der Waals surface area contributed by atoms with Gasteiger partial charge in [0, 0.05) is 37.1 Å². The minimum Gasteiger partial charge on any atom is -0.399 e. The van der Waals surface area contributed by atoms with Gasteiger partial charge in [-0.1, -0.05) is 0 Å². The highest BCUT2D eigenvalue weighted by atomic mass is 16.2. The van der Waals surface area contributed by atoms with Crippen molar-refractivity contribution in [2.24, 2.45) is 5.73 Å². The first-order valence-electron chi connectivity index (χ1n) is 5.93. The minimum atomic E-state index is 0.118. The zero-order valence-electron chi connectivity index (χ0n) is 9.82. The zero-order chi connectivity index (χ0) is 12.3. The molecule has 1 aliphatic rings. The Bertz CT molecular complexity index is 383. The summed E-state index contributed by atoms with van der Waals surface area (Å²) in [5.74, 6) is 0. The molecule has 0 radical (unpaired) electrons. The fourth-order valence-corrected chi connectivity index (χ4v) is 2.14. The molecule has 2 unspecified atom stereocenters. The number of anilines is 2. The van der Waals surface area contributed by atoms with E-state index in [-0.39, 0.29) is 18.7 Å². The Morgan fingerprint density at radius 1 is 1.41 bits per heavy atom. The normalized spacial score (nSPS) is 23.9. The molecule has 2 atom stereocenters. The van der Waals surface area contributed by atoms with Crippen LogP contribution in [0.15, 0.2) is 18.2 Å². The molecule has 0 bridgehead atoms. The molecule has 0 aromatic heterocycles. The van der Waals surface area contributed by atoms with Crippen molar-refractivity contribution in [2.75, 3.05) is 30.7 Å². The van der Waals surface area contributed by atoms with Gasteiger partial charge in [-0.2, -0.15) is 0 Å². The van der Waals surface area contributed by atoms with Crippen LogP contribution < -0.4 is 22.1 Å². The number of nitrogens with two attached hydrogens (primary N) is 2. The summed E-state index contributed by atoms with van der Waals surface area (Å²) in [5, 5.41) is 15.7. The molecule has 1 aliphatic heterocycles. The quantitative estimate of drug-likeness (QED) is 0.455. The Hall–Kier alpha value is -1.30. The molecule has 1 heterocycles. The van der Waals surface area contributed by atoms with Gasteiger partial charge in [-0.3, -0.25) is 0 Å². The monoisotopic (exact) mass is 236 g/mol. The van der Waals surface area contributed by atoms with E-state index in [9.17, 15) is 0 Å². The van der Waals surface area contributed by atoms with Crippen LogP contribution in [0.1, 0.15) is 5.56 Å². The molecule has 5 heteroatoms. The summed E-state index contributed by atoms with van der Waals surface area (Å²) in [6.07, 6.45) is 0.600. The number of aliphatic hydroxyl groups excluding tert-OH is 1. The lowest BCUT2D eigenvalue weighted by molar-refractivity contribution is 0.300. The van der Waals surface area contributed by atoms with Crippen molar-refractivity contribution in [1.29, 1.82) is 0 Å². The van der Waals surface area contributed by atoms with E-state index in [1.54, 1.807) is 0 Å². The lowest BCUT2D eigenvalue weighted by Crippen LogP contribution is -2.39. The molecule has 1 saturated heterocycles. The van der Waals surface area contributed by atoms with Crippen molar-refractivity contribution in [3.8, 4) is 0 Å². The number of nitrogens with one attached hydrogen (secondary N) is 2. The van der Waals surface area contributed by atoms with Crippen LogP contribution in [-0.4, -0.2) is 36.9 Å². The van der Waals surface area contributed by atoms with Crippen LogP contribution in [0.2, 0.25) is 0 Å². The second-order valence-electron chi connectivity index (χ2n) is 4.46. The van der Waals surface area contributed by atoms with Crippen molar-refractivity contribution < 1.29 is 5.11 Å². The number of rotatable bonds is 4. The lowest BCUT2D eigenvalue weighted by atomic mass is 10.1. The predicted octanol–water partition coefficient (Wildman–Crippen LogP) is -0.485. The molecule has 1 fully saturated rings. The van der Waals surface area contributed by atoms with Gasteiger partial charge in [0.1, 0.15) is 0 Å². The van der Waals surface area contributed by atoms with Gasteiger partial charge in [-0.15, -0.1) is 0 Å². The zero-order valence-corrected chi connectivity index (χ0v) is 9.82. The predicted molar refractivity (Wildman–Crippen MR) is 69.9 cm³/mol. The third-order valence-electron chi connectivity index (χ3n) is 3.11. The van der Waals surface area contributed by atoms with Gasteiger partial charge in [0.15, 0.2) is 0 Å². The van der Waals surface area contributed by atoms with Crippen molar-refractivity contribution >= 4 is 11.4 Å². The Morgan fingerprint density at radius 3 is 2.88 bits per heavy atom. The SMILES string of the molecule is Nc1ccc(NC2CNCC2N)c(CCO)c1. The second kappa shape index (κ2) is 5.35. The summed E-state index contributed by atoms with van der Waals surface area (Å²) in [6, 6.07) is 6.06. The van der Waals surface area contributed by atoms with Crippen LogP contribution in [0.5, 0.6) is 0 Å². The van der Waals surface area contributed by atoms with Gasteiger partial charge >= 0.3 is 0 Å². The van der Waals surface area contributed by atoms with E-state index in [0.29, 0.717) is 12.1 Å². The summed E-state index contributed by atoms with van der Waals surface area (Å²) in [7, 11) is 0. The average Bonchev–Trinajstić information content (AvgIpc) is 2.69. The van der Waals surface area contributed by atoms with Crippen LogP contribution >= 0.6 is 0 Å². The Morgan fingerprint density at radius 2 is 2.24 bits per heavy atom. The Balaban J connectivity index is 2.13. The fraction of sp³-hybridized carbons (Fsp3) is 0.500. The van der Waals surface area contributed by atoms with Gasteiger partial charge in [-0.05, 0) is 30.2 Å². The van der Waals surface area contributed by atoms with E-state index >= 15 is 0 Å². The minimum absolute atomic E-state index is 0.118. The third-order valence-corrected chi connectivity index (χ3v) is 3.11. The fourth-order valence-electron chi connectivity index (χ4n) is 2.14. The van der Waals surface area contributed by atoms with Gasteiger partial charge < -0.3 is 27.2 Å². The van der Waals surface area contributed by atoms with E-state index in [1.165, 1.54) is 0 Å². The first-order chi connectivity index (χ1) is 8.20. The molecule has 94 valence electrons. The van der Waals surface area contributed by atoms with Crippen LogP contribution in [0, 0.1) is 0 Å². The molecule has 2 rings (SSSR count). The van der Waals surface area contributed by atoms with Crippen molar-refractivity contribution in [2.45, 2.75) is 18.5 Å². The highest BCUT2D eigenvalue weighted by Crippen LogP contribution is 2.21. The third kappa shape index (κ3) is 2.88. The van der Waals surface area contributed by atoms with Crippen molar-refractivity contribution in [3.05, 3.63) is 23.8 Å². The van der Waals surface area contributed by atoms with Crippen LogP contribution in [-0.2, 0) is 6.42 Å². The van der Waals surface area contributed by atoms with Gasteiger partial charge in [0.2, 0.25) is 0 Å². The van der Waals surface area contributed by atoms with E-state index in [4.69, 9.17) is 16.6 Å². The lowest BCUT2D eigenvalue weighted by Gasteiger charge is -2.20. The standard InChI is InChI=1S/C12H20N4O/c13-9-1-2-11(8(5-9)3-4-17)16-12-7-15-6-10(12)14/h1-2,5,10,12,15-17H,3-4,6-7,13-14H2. The number of hydrogen-bond acceptors (Lipinski definition) is 5. The first-order valence-corrected chi connectivity index (χ1v) is 5.93. The maximum absolute atomic E-state index is 9.04. The molecule has 7 N–H and O–H groups in total. The van der Waals surface area contributed by atoms with Crippen LogP contribution in [0.4, 0.5) is 11.4 Å². The van der Waals surface area contributed by atoms with E-state index in [0.717, 1.165) is 24.3 Å². The molecule has 1 aromatic carbocycles. The first kappa shape index (κ1) is 12.2. The van der Waals surface area contributed by atoms with E-state index in [2.05, 4.69) is 10.6 Å². The highest BCUT2D eigenvalue weighted by Gasteiger charge is 2.23. The van der Waals surface area contributed by atoms with Gasteiger partial charge in [0.05, 0.1) is 6.04 Å². The van der Waals surface area contributed by atoms with Crippen LogP contribution in [0.25, 0.3) is 0 Å². The largest absolute Gasteiger partial charge is 0.399 e. The van der Waals surface area contributed by atoms with Gasteiger partial charge in [-0.25, -0.2) is 0 Å². The average molecular weight is 236 g/mol. The smallest absolute Gasteiger partial charge is 0.0549 e. The number of hydrogen-bond donors (Lipinski definition) is 5. The van der Waals surface area contributed by atoms with E-state index < -0.39 is 0 Å². The highest BCUT2D eigenvalue weighted by molar-refractivity contribution is 5.59. The maximum atomic E-state index is 9.04. The van der Waals surface area contributed by atoms with Gasteiger partial charge in [0.25, 0.3) is 0 Å². The molecular weight excluding hydrogens is 216 g/mol. The van der Waals surface area contributed by atoms with Crippen molar-refractivity contribution in [1.82, 2.24) is 5.32 Å². The van der Waals surface area contributed by atoms with Crippen LogP contribution in [0.3, 0.4) is 0 Å². The molecule has 17 heavy (non-hydrogen) atoms. The number of aliphatic hydroxyl groups is 1. The summed E-state index contributed by atoms with van der Waals surface area (Å²) in [5.41, 5.74) is 14.5. The molecule has 0 aliphatic carbocycles.